The van der Waals surface area contributed by atoms with Gasteiger partial charge in [-0.3, -0.25) is 4.90 Å². The van der Waals surface area contributed by atoms with Crippen molar-refractivity contribution < 1.29 is 4.42 Å². The molecular formula is C16H17BrN4OS2. The minimum Gasteiger partial charge on any atom is -0.453 e. The quantitative estimate of drug-likeness (QED) is 0.552. The van der Waals surface area contributed by atoms with Gasteiger partial charge in [-0.15, -0.1) is 5.10 Å². The summed E-state index contributed by atoms with van der Waals surface area (Å²) in [7, 11) is 2.01. The van der Waals surface area contributed by atoms with Gasteiger partial charge in [-0.25, -0.2) is 4.68 Å². The minimum absolute atomic E-state index is 0.600. The Balaban J connectivity index is 1.66. The van der Waals surface area contributed by atoms with Gasteiger partial charge >= 0.3 is 0 Å². The van der Waals surface area contributed by atoms with Gasteiger partial charge in [0.1, 0.15) is 5.76 Å². The second-order valence-electron chi connectivity index (χ2n) is 5.53. The highest BCUT2D eigenvalue weighted by molar-refractivity contribution is 9.10. The molecule has 0 aliphatic carbocycles. The summed E-state index contributed by atoms with van der Waals surface area (Å²) >= 11 is 10.2. The van der Waals surface area contributed by atoms with Crippen molar-refractivity contribution in [2.24, 2.45) is 0 Å². The first-order valence-corrected chi connectivity index (χ1v) is 9.36. The first kappa shape index (κ1) is 17.3. The van der Waals surface area contributed by atoms with E-state index in [4.69, 9.17) is 16.6 Å². The standard InChI is InChI=1S/C16H17BrN4OS2/c1-11-4-3-5-12(8-11)18-15-19-21(16(23)24-15)10-20(2)9-13-6-7-14(17)22-13/h3-8H,9-10H2,1-2H3,(H,18,19). The van der Waals surface area contributed by atoms with Crippen LogP contribution in [0.5, 0.6) is 0 Å². The lowest BCUT2D eigenvalue weighted by molar-refractivity contribution is 0.226. The topological polar surface area (TPSA) is 46.2 Å². The van der Waals surface area contributed by atoms with Crippen molar-refractivity contribution in [1.29, 1.82) is 0 Å². The second kappa shape index (κ2) is 7.60. The lowest BCUT2D eigenvalue weighted by Gasteiger charge is -2.14. The maximum atomic E-state index is 5.53. The predicted octanol–water partition coefficient (Wildman–Crippen LogP) is 5.17. The van der Waals surface area contributed by atoms with Crippen molar-refractivity contribution in [3.63, 3.8) is 0 Å². The number of hydrogen-bond acceptors (Lipinski definition) is 6. The Morgan fingerprint density at radius 1 is 1.38 bits per heavy atom. The van der Waals surface area contributed by atoms with Gasteiger partial charge in [-0.2, -0.15) is 0 Å². The molecule has 0 unspecified atom stereocenters. The number of furan rings is 1. The van der Waals surface area contributed by atoms with E-state index in [1.165, 1.54) is 16.9 Å². The molecule has 0 bridgehead atoms. The van der Waals surface area contributed by atoms with Crippen molar-refractivity contribution in [3.05, 3.63) is 56.3 Å². The summed E-state index contributed by atoms with van der Waals surface area (Å²) in [6.07, 6.45) is 0. The number of rotatable bonds is 6. The number of aryl methyl sites for hydroxylation is 1. The Bertz CT molecular complexity index is 886. The third-order valence-corrected chi connectivity index (χ3v) is 4.95. The molecule has 0 aliphatic heterocycles. The van der Waals surface area contributed by atoms with E-state index in [1.807, 2.05) is 36.0 Å². The van der Waals surface area contributed by atoms with E-state index in [9.17, 15) is 0 Å². The molecule has 2 aromatic heterocycles. The fraction of sp³-hybridized carbons (Fsp3) is 0.250. The molecule has 0 aliphatic rings. The van der Waals surface area contributed by atoms with Crippen molar-refractivity contribution in [1.82, 2.24) is 14.7 Å². The third kappa shape index (κ3) is 4.54. The average Bonchev–Trinajstić information content (AvgIpc) is 3.05. The lowest BCUT2D eigenvalue weighted by Crippen LogP contribution is -2.22. The molecule has 1 N–H and O–H groups in total. The number of nitrogens with zero attached hydrogens (tertiary/aromatic N) is 3. The van der Waals surface area contributed by atoms with E-state index >= 15 is 0 Å². The predicted molar refractivity (Wildman–Crippen MR) is 103 cm³/mol. The molecule has 5 nitrogen and oxygen atoms in total. The van der Waals surface area contributed by atoms with Gasteiger partial charge in [0.2, 0.25) is 5.13 Å². The highest BCUT2D eigenvalue weighted by atomic mass is 79.9. The van der Waals surface area contributed by atoms with Crippen molar-refractivity contribution in [3.8, 4) is 0 Å². The van der Waals surface area contributed by atoms with Crippen LogP contribution in [0.2, 0.25) is 0 Å². The molecular weight excluding hydrogens is 408 g/mol. The lowest BCUT2D eigenvalue weighted by atomic mass is 10.2. The summed E-state index contributed by atoms with van der Waals surface area (Å²) in [5, 5.41) is 8.66. The highest BCUT2D eigenvalue weighted by Gasteiger charge is 2.09. The summed E-state index contributed by atoms with van der Waals surface area (Å²) in [5.74, 6) is 0.893. The number of benzene rings is 1. The van der Waals surface area contributed by atoms with E-state index in [-0.39, 0.29) is 0 Å². The molecule has 1 aromatic carbocycles. The van der Waals surface area contributed by atoms with Crippen LogP contribution in [0.3, 0.4) is 0 Å². The SMILES string of the molecule is Cc1cccc(Nc2nn(CN(C)Cc3ccc(Br)o3)c(=S)s2)c1. The van der Waals surface area contributed by atoms with Crippen LogP contribution in [-0.4, -0.2) is 21.7 Å². The Labute approximate surface area is 158 Å². The summed E-state index contributed by atoms with van der Waals surface area (Å²) in [5.41, 5.74) is 2.21. The van der Waals surface area contributed by atoms with Crippen molar-refractivity contribution >= 4 is 50.3 Å². The zero-order chi connectivity index (χ0) is 17.1. The molecule has 0 amide bonds. The van der Waals surface area contributed by atoms with E-state index in [1.54, 1.807) is 0 Å². The second-order valence-corrected chi connectivity index (χ2v) is 7.93. The largest absolute Gasteiger partial charge is 0.453 e. The van der Waals surface area contributed by atoms with Crippen LogP contribution in [0.15, 0.2) is 45.5 Å². The Hall–Kier alpha value is -1.48. The monoisotopic (exact) mass is 424 g/mol. The van der Waals surface area contributed by atoms with Crippen LogP contribution in [0.25, 0.3) is 0 Å². The number of halogens is 1. The van der Waals surface area contributed by atoms with E-state index < -0.39 is 0 Å². The summed E-state index contributed by atoms with van der Waals surface area (Å²) in [6, 6.07) is 12.0. The summed E-state index contributed by atoms with van der Waals surface area (Å²) in [4.78, 5) is 2.09. The number of aromatic nitrogens is 2. The third-order valence-electron chi connectivity index (χ3n) is 3.31. The minimum atomic E-state index is 0.600. The molecule has 3 aromatic rings. The van der Waals surface area contributed by atoms with E-state index in [0.29, 0.717) is 13.2 Å². The van der Waals surface area contributed by atoms with Gasteiger partial charge in [0.25, 0.3) is 0 Å². The fourth-order valence-electron chi connectivity index (χ4n) is 2.27. The molecule has 8 heteroatoms. The Morgan fingerprint density at radius 3 is 2.92 bits per heavy atom. The number of nitrogens with one attached hydrogen (secondary N) is 1. The summed E-state index contributed by atoms with van der Waals surface area (Å²) < 4.78 is 8.81. The van der Waals surface area contributed by atoms with Crippen LogP contribution >= 0.6 is 39.5 Å². The molecule has 3 rings (SSSR count). The molecule has 0 fully saturated rings. The van der Waals surface area contributed by atoms with Crippen LogP contribution in [-0.2, 0) is 13.2 Å². The Kier molecular flexibility index (Phi) is 5.50. The molecule has 0 saturated carbocycles. The molecule has 0 spiro atoms. The van der Waals surface area contributed by atoms with Gasteiger partial charge in [0, 0.05) is 5.69 Å². The van der Waals surface area contributed by atoms with Crippen molar-refractivity contribution in [2.75, 3.05) is 12.4 Å². The first-order chi connectivity index (χ1) is 11.5. The smallest absolute Gasteiger partial charge is 0.209 e. The normalized spacial score (nSPS) is 11.2. The average molecular weight is 425 g/mol. The van der Waals surface area contributed by atoms with Gasteiger partial charge in [0.15, 0.2) is 8.62 Å². The maximum Gasteiger partial charge on any atom is 0.209 e. The fourth-order valence-corrected chi connectivity index (χ4v) is 3.63. The van der Waals surface area contributed by atoms with E-state index in [2.05, 4.69) is 50.3 Å². The molecule has 0 saturated heterocycles. The number of hydrogen-bond donors (Lipinski definition) is 1. The molecule has 24 heavy (non-hydrogen) atoms. The van der Waals surface area contributed by atoms with Crippen LogP contribution in [0, 0.1) is 10.9 Å². The molecule has 0 radical (unpaired) electrons. The zero-order valence-electron chi connectivity index (χ0n) is 13.3. The van der Waals surface area contributed by atoms with E-state index in [0.717, 1.165) is 25.2 Å². The van der Waals surface area contributed by atoms with Gasteiger partial charge in [0.05, 0.1) is 13.2 Å². The van der Waals surface area contributed by atoms with Gasteiger partial charge < -0.3 is 9.73 Å². The van der Waals surface area contributed by atoms with Crippen LogP contribution < -0.4 is 5.32 Å². The molecule has 126 valence electrons. The molecule has 0 atom stereocenters. The van der Waals surface area contributed by atoms with Crippen molar-refractivity contribution in [2.45, 2.75) is 20.1 Å². The summed E-state index contributed by atoms with van der Waals surface area (Å²) in [6.45, 7) is 3.35. The Morgan fingerprint density at radius 2 is 2.21 bits per heavy atom. The first-order valence-electron chi connectivity index (χ1n) is 7.34. The highest BCUT2D eigenvalue weighted by Crippen LogP contribution is 2.21. The van der Waals surface area contributed by atoms with Crippen LogP contribution in [0.4, 0.5) is 10.8 Å². The van der Waals surface area contributed by atoms with Crippen LogP contribution in [0.1, 0.15) is 11.3 Å². The van der Waals surface area contributed by atoms with Gasteiger partial charge in [-0.05, 0) is 71.9 Å². The zero-order valence-corrected chi connectivity index (χ0v) is 16.5. The number of anilines is 2. The maximum absolute atomic E-state index is 5.53. The van der Waals surface area contributed by atoms with Gasteiger partial charge in [-0.1, -0.05) is 23.5 Å². The molecule has 2 heterocycles.